The number of ether oxygens (including phenoxy) is 1. The molecule has 1 aliphatic heterocycles. The summed E-state index contributed by atoms with van der Waals surface area (Å²) in [6.07, 6.45) is 0. The number of carbonyl (C=O) groups excluding carboxylic acids is 4. The van der Waals surface area contributed by atoms with Gasteiger partial charge in [0.05, 0.1) is 29.9 Å². The molecule has 0 atom stereocenters. The molecular formula is C18H19N5O5. The van der Waals surface area contributed by atoms with Gasteiger partial charge in [-0.3, -0.25) is 19.1 Å². The van der Waals surface area contributed by atoms with Crippen LogP contribution in [0.2, 0.25) is 0 Å². The van der Waals surface area contributed by atoms with E-state index < -0.39 is 30.3 Å². The molecule has 1 saturated heterocycles. The molecule has 2 heterocycles. The number of benzene rings is 1. The lowest BCUT2D eigenvalue weighted by molar-refractivity contribution is -0.140. The molecule has 10 heteroatoms. The number of urea groups is 1. The van der Waals surface area contributed by atoms with E-state index in [0.29, 0.717) is 22.0 Å². The summed E-state index contributed by atoms with van der Waals surface area (Å²) in [6.45, 7) is 2.92. The van der Waals surface area contributed by atoms with Crippen molar-refractivity contribution in [3.8, 4) is 5.75 Å². The van der Waals surface area contributed by atoms with Gasteiger partial charge < -0.3 is 10.1 Å². The zero-order valence-electron chi connectivity index (χ0n) is 15.8. The number of anilines is 2. The highest BCUT2D eigenvalue weighted by molar-refractivity contribution is 6.53. The maximum Gasteiger partial charge on any atom is 0.339 e. The number of hydrogen-bond donors (Lipinski definition) is 1. The monoisotopic (exact) mass is 385 g/mol. The summed E-state index contributed by atoms with van der Waals surface area (Å²) in [6, 6.07) is 5.20. The van der Waals surface area contributed by atoms with Gasteiger partial charge in [0.25, 0.3) is 0 Å². The number of aryl methyl sites for hydroxylation is 2. The summed E-state index contributed by atoms with van der Waals surface area (Å²) >= 11 is 0. The van der Waals surface area contributed by atoms with E-state index in [1.165, 1.54) is 19.2 Å². The zero-order chi connectivity index (χ0) is 20.6. The second kappa shape index (κ2) is 7.14. The Bertz CT molecular complexity index is 979. The fourth-order valence-corrected chi connectivity index (χ4v) is 2.88. The third-order valence-electron chi connectivity index (χ3n) is 4.46. The number of hydrogen-bond acceptors (Lipinski definition) is 6. The minimum atomic E-state index is -1.06. The van der Waals surface area contributed by atoms with Crippen molar-refractivity contribution >= 4 is 35.1 Å². The lowest BCUT2D eigenvalue weighted by Crippen LogP contribution is -2.39. The standard InChI is InChI=1S/C18H19N5O5/c1-10-15(11(2)21(3)20-10)19-14(24)9-22-16(25)17(26)23(18(22)27)12-5-7-13(28-4)8-6-12/h5-8H,9H2,1-4H3,(H,19,24). The summed E-state index contributed by atoms with van der Waals surface area (Å²) in [7, 11) is 3.22. The first-order chi connectivity index (χ1) is 13.2. The fourth-order valence-electron chi connectivity index (χ4n) is 2.88. The highest BCUT2D eigenvalue weighted by Crippen LogP contribution is 2.25. The molecule has 0 spiro atoms. The van der Waals surface area contributed by atoms with Crippen LogP contribution in [0, 0.1) is 13.8 Å². The van der Waals surface area contributed by atoms with Crippen LogP contribution in [0.1, 0.15) is 11.4 Å². The average molecular weight is 385 g/mol. The van der Waals surface area contributed by atoms with E-state index in [-0.39, 0.29) is 5.69 Å². The molecule has 146 valence electrons. The molecule has 2 aromatic rings. The van der Waals surface area contributed by atoms with Gasteiger partial charge in [0.2, 0.25) is 5.91 Å². The van der Waals surface area contributed by atoms with E-state index in [0.717, 1.165) is 10.6 Å². The maximum absolute atomic E-state index is 12.6. The molecule has 1 aromatic carbocycles. The number of rotatable bonds is 5. The minimum Gasteiger partial charge on any atom is -0.497 e. The lowest BCUT2D eigenvalue weighted by Gasteiger charge is -2.15. The number of nitrogens with zero attached hydrogens (tertiary/aromatic N) is 4. The van der Waals surface area contributed by atoms with Gasteiger partial charge in [0, 0.05) is 7.05 Å². The van der Waals surface area contributed by atoms with E-state index in [1.54, 1.807) is 37.7 Å². The summed E-state index contributed by atoms with van der Waals surface area (Å²) in [5, 5.41) is 6.82. The number of aromatic nitrogens is 2. The first-order valence-corrected chi connectivity index (χ1v) is 8.38. The van der Waals surface area contributed by atoms with Crippen molar-refractivity contribution in [1.82, 2.24) is 14.7 Å². The molecule has 1 N–H and O–H groups in total. The molecule has 1 aliphatic rings. The largest absolute Gasteiger partial charge is 0.497 e. The van der Waals surface area contributed by atoms with Crippen LogP contribution >= 0.6 is 0 Å². The first kappa shape index (κ1) is 19.1. The van der Waals surface area contributed by atoms with Gasteiger partial charge >= 0.3 is 17.8 Å². The molecule has 28 heavy (non-hydrogen) atoms. The first-order valence-electron chi connectivity index (χ1n) is 8.38. The quantitative estimate of drug-likeness (QED) is 0.606. The second-order valence-electron chi connectivity index (χ2n) is 6.23. The van der Waals surface area contributed by atoms with Gasteiger partial charge in [-0.25, -0.2) is 14.6 Å². The summed E-state index contributed by atoms with van der Waals surface area (Å²) in [5.41, 5.74) is 2.04. The summed E-state index contributed by atoms with van der Waals surface area (Å²) < 4.78 is 6.64. The third kappa shape index (κ3) is 3.20. The van der Waals surface area contributed by atoms with Gasteiger partial charge in [-0.15, -0.1) is 0 Å². The Balaban J connectivity index is 1.77. The molecule has 5 amide bonds. The number of imide groups is 2. The molecule has 0 saturated carbocycles. The van der Waals surface area contributed by atoms with Gasteiger partial charge in [-0.2, -0.15) is 5.10 Å². The van der Waals surface area contributed by atoms with Crippen molar-refractivity contribution in [2.24, 2.45) is 7.05 Å². The molecule has 0 aliphatic carbocycles. The third-order valence-corrected chi connectivity index (χ3v) is 4.46. The van der Waals surface area contributed by atoms with Crippen molar-refractivity contribution in [2.75, 3.05) is 23.9 Å². The average Bonchev–Trinajstić information content (AvgIpc) is 3.03. The highest BCUT2D eigenvalue weighted by Gasteiger charge is 2.46. The van der Waals surface area contributed by atoms with E-state index >= 15 is 0 Å². The van der Waals surface area contributed by atoms with Gasteiger partial charge in [0.15, 0.2) is 0 Å². The topological polar surface area (TPSA) is 114 Å². The Hall–Kier alpha value is -3.69. The predicted molar refractivity (Wildman–Crippen MR) is 98.9 cm³/mol. The number of methoxy groups -OCH3 is 1. The van der Waals surface area contributed by atoms with Gasteiger partial charge in [-0.1, -0.05) is 0 Å². The molecule has 1 fully saturated rings. The normalized spacial score (nSPS) is 14.1. The van der Waals surface area contributed by atoms with Crippen LogP contribution in [0.5, 0.6) is 5.75 Å². The van der Waals surface area contributed by atoms with Crippen molar-refractivity contribution in [3.63, 3.8) is 0 Å². The van der Waals surface area contributed by atoms with Crippen molar-refractivity contribution in [2.45, 2.75) is 13.8 Å². The lowest BCUT2D eigenvalue weighted by atomic mass is 10.3. The molecule has 10 nitrogen and oxygen atoms in total. The SMILES string of the molecule is COc1ccc(N2C(=O)C(=O)N(CC(=O)Nc3c(C)nn(C)c3C)C2=O)cc1. The second-order valence-corrected chi connectivity index (χ2v) is 6.23. The number of amides is 5. The number of nitrogens with one attached hydrogen (secondary N) is 1. The Morgan fingerprint density at radius 3 is 2.29 bits per heavy atom. The van der Waals surface area contributed by atoms with Crippen LogP contribution in [-0.4, -0.2) is 52.1 Å². The van der Waals surface area contributed by atoms with Gasteiger partial charge in [0.1, 0.15) is 12.3 Å². The number of carbonyl (C=O) groups is 4. The Labute approximate surface area is 160 Å². The van der Waals surface area contributed by atoms with Crippen molar-refractivity contribution in [3.05, 3.63) is 35.7 Å². The smallest absolute Gasteiger partial charge is 0.339 e. The molecular weight excluding hydrogens is 366 g/mol. The fraction of sp³-hybridized carbons (Fsp3) is 0.278. The van der Waals surface area contributed by atoms with E-state index in [2.05, 4.69) is 10.4 Å². The zero-order valence-corrected chi connectivity index (χ0v) is 15.8. The van der Waals surface area contributed by atoms with E-state index in [4.69, 9.17) is 4.74 Å². The van der Waals surface area contributed by atoms with Crippen molar-refractivity contribution in [1.29, 1.82) is 0 Å². The van der Waals surface area contributed by atoms with Gasteiger partial charge in [-0.05, 0) is 38.1 Å². The Morgan fingerprint density at radius 2 is 1.75 bits per heavy atom. The van der Waals surface area contributed by atoms with Crippen LogP contribution in [0.4, 0.5) is 16.2 Å². The Kier molecular flexibility index (Phi) is 4.87. The molecule has 1 aromatic heterocycles. The Morgan fingerprint density at radius 1 is 1.11 bits per heavy atom. The summed E-state index contributed by atoms with van der Waals surface area (Å²) in [5.74, 6) is -2.15. The van der Waals surface area contributed by atoms with Crippen LogP contribution in [0.3, 0.4) is 0 Å². The molecule has 0 radical (unpaired) electrons. The highest BCUT2D eigenvalue weighted by atomic mass is 16.5. The minimum absolute atomic E-state index is 0.214. The summed E-state index contributed by atoms with van der Waals surface area (Å²) in [4.78, 5) is 50.8. The maximum atomic E-state index is 12.6. The van der Waals surface area contributed by atoms with Crippen molar-refractivity contribution < 1.29 is 23.9 Å². The van der Waals surface area contributed by atoms with Crippen LogP contribution in [0.25, 0.3) is 0 Å². The predicted octanol–water partition coefficient (Wildman–Crippen LogP) is 0.979. The van der Waals surface area contributed by atoms with Crippen LogP contribution in [0.15, 0.2) is 24.3 Å². The van der Waals surface area contributed by atoms with Crippen LogP contribution < -0.4 is 15.0 Å². The van der Waals surface area contributed by atoms with Crippen LogP contribution in [-0.2, 0) is 21.4 Å². The molecule has 0 bridgehead atoms. The molecule has 0 unspecified atom stereocenters. The molecule has 3 rings (SSSR count). The van der Waals surface area contributed by atoms with E-state index in [9.17, 15) is 19.2 Å². The van der Waals surface area contributed by atoms with E-state index in [1.807, 2.05) is 0 Å².